The molecular weight excluding hydrogens is 521 g/mol. The highest BCUT2D eigenvalue weighted by Crippen LogP contribution is 2.28. The highest BCUT2D eigenvalue weighted by molar-refractivity contribution is 7.92. The molecule has 36 heavy (non-hydrogen) atoms. The zero-order valence-electron chi connectivity index (χ0n) is 21.6. The fourth-order valence-electron chi connectivity index (χ4n) is 3.80. The molecule has 0 bridgehead atoms. The Morgan fingerprint density at radius 3 is 2.17 bits per heavy atom. The summed E-state index contributed by atoms with van der Waals surface area (Å²) in [7, 11) is -3.82. The molecule has 198 valence electrons. The van der Waals surface area contributed by atoms with E-state index in [0.717, 1.165) is 22.5 Å². The van der Waals surface area contributed by atoms with Crippen molar-refractivity contribution < 1.29 is 18.0 Å². The third kappa shape index (κ3) is 7.60. The number of hydrogen-bond acceptors (Lipinski definition) is 4. The van der Waals surface area contributed by atoms with Gasteiger partial charge in [0.15, 0.2) is 0 Å². The summed E-state index contributed by atoms with van der Waals surface area (Å²) >= 11 is 12.8. The summed E-state index contributed by atoms with van der Waals surface area (Å²) in [5, 5.41) is 3.64. The second-order valence-corrected chi connectivity index (χ2v) is 11.7. The summed E-state index contributed by atoms with van der Waals surface area (Å²) in [5.41, 5.74) is 2.47. The minimum atomic E-state index is -3.82. The molecule has 10 heteroatoms. The largest absolute Gasteiger partial charge is 0.352 e. The van der Waals surface area contributed by atoms with Gasteiger partial charge >= 0.3 is 0 Å². The van der Waals surface area contributed by atoms with E-state index >= 15 is 0 Å². The van der Waals surface area contributed by atoms with Gasteiger partial charge in [-0.3, -0.25) is 13.9 Å². The van der Waals surface area contributed by atoms with Gasteiger partial charge in [0, 0.05) is 28.2 Å². The van der Waals surface area contributed by atoms with E-state index in [2.05, 4.69) is 5.32 Å². The van der Waals surface area contributed by atoms with Crippen LogP contribution in [-0.4, -0.2) is 50.0 Å². The van der Waals surface area contributed by atoms with Crippen LogP contribution < -0.4 is 9.62 Å². The molecule has 2 amide bonds. The average molecular weight is 557 g/mol. The van der Waals surface area contributed by atoms with Gasteiger partial charge in [0.05, 0.1) is 11.9 Å². The van der Waals surface area contributed by atoms with Crippen LogP contribution in [0.2, 0.25) is 10.0 Å². The molecule has 7 nitrogen and oxygen atoms in total. The van der Waals surface area contributed by atoms with Crippen LogP contribution in [0.1, 0.15) is 50.3 Å². The van der Waals surface area contributed by atoms with Gasteiger partial charge in [-0.25, -0.2) is 8.42 Å². The van der Waals surface area contributed by atoms with Gasteiger partial charge in [-0.15, -0.1) is 0 Å². The molecule has 0 aliphatic heterocycles. The summed E-state index contributed by atoms with van der Waals surface area (Å²) in [6, 6.07) is 9.48. The minimum Gasteiger partial charge on any atom is -0.352 e. The first kappa shape index (κ1) is 29.9. The van der Waals surface area contributed by atoms with Crippen LogP contribution in [0.15, 0.2) is 36.4 Å². The summed E-state index contributed by atoms with van der Waals surface area (Å²) < 4.78 is 26.7. The average Bonchev–Trinajstić information content (AvgIpc) is 2.79. The number of anilines is 1. The predicted molar refractivity (Wildman–Crippen MR) is 147 cm³/mol. The smallest absolute Gasteiger partial charge is 0.244 e. The molecule has 0 aliphatic rings. The standard InChI is InChI=1S/C26H35Cl2N3O4S/c1-7-19(5)29-26(33)23(8-2)30(15-20-21(27)10-9-11-22(20)28)25(32)16-31(36(6,34)35)24-14-17(3)12-13-18(24)4/h9-14,19,23H,7-8,15-16H2,1-6H3,(H,29,33)/t19-,23+/m0/s1. The van der Waals surface area contributed by atoms with Crippen LogP contribution in [0, 0.1) is 13.8 Å². The molecular formula is C26H35Cl2N3O4S. The fourth-order valence-corrected chi connectivity index (χ4v) is 5.21. The molecule has 2 aromatic carbocycles. The Labute approximate surface area is 224 Å². The Morgan fingerprint density at radius 1 is 1.03 bits per heavy atom. The highest BCUT2D eigenvalue weighted by atomic mass is 35.5. The lowest BCUT2D eigenvalue weighted by Crippen LogP contribution is -2.53. The van der Waals surface area contributed by atoms with Crippen LogP contribution in [0.3, 0.4) is 0 Å². The van der Waals surface area contributed by atoms with E-state index in [1.165, 1.54) is 4.90 Å². The van der Waals surface area contributed by atoms with Crippen molar-refractivity contribution in [2.45, 2.75) is 66.1 Å². The maximum atomic E-state index is 13.8. The molecule has 2 rings (SSSR count). The Balaban J connectivity index is 2.55. The summed E-state index contributed by atoms with van der Waals surface area (Å²) in [5.74, 6) is -0.857. The van der Waals surface area contributed by atoms with Crippen molar-refractivity contribution in [2.24, 2.45) is 0 Å². The highest BCUT2D eigenvalue weighted by Gasteiger charge is 2.33. The van der Waals surface area contributed by atoms with Gasteiger partial charge in [-0.1, -0.05) is 55.2 Å². The predicted octanol–water partition coefficient (Wildman–Crippen LogP) is 5.10. The quantitative estimate of drug-likeness (QED) is 0.418. The van der Waals surface area contributed by atoms with Gasteiger partial charge < -0.3 is 10.2 Å². The first-order chi connectivity index (χ1) is 16.8. The third-order valence-electron chi connectivity index (χ3n) is 6.09. The van der Waals surface area contributed by atoms with Crippen molar-refractivity contribution >= 4 is 50.7 Å². The second kappa shape index (κ2) is 12.8. The van der Waals surface area contributed by atoms with Crippen molar-refractivity contribution in [1.29, 1.82) is 0 Å². The number of benzene rings is 2. The number of carbonyl (C=O) groups excluding carboxylic acids is 2. The molecule has 0 radical (unpaired) electrons. The van der Waals surface area contributed by atoms with Crippen LogP contribution in [-0.2, 0) is 26.2 Å². The molecule has 2 atom stereocenters. The molecule has 0 aliphatic carbocycles. The molecule has 0 saturated heterocycles. The number of carbonyl (C=O) groups is 2. The Hall–Kier alpha value is -2.29. The molecule has 2 aromatic rings. The van der Waals surface area contributed by atoms with Crippen LogP contribution in [0.25, 0.3) is 0 Å². The first-order valence-corrected chi connectivity index (χ1v) is 14.5. The van der Waals surface area contributed by atoms with Crippen molar-refractivity contribution in [3.05, 3.63) is 63.1 Å². The normalized spacial score (nSPS) is 13.1. The summed E-state index contributed by atoms with van der Waals surface area (Å²) in [6.07, 6.45) is 2.10. The Kier molecular flexibility index (Phi) is 10.6. The number of aryl methyl sites for hydroxylation is 2. The van der Waals surface area contributed by atoms with Gasteiger partial charge in [0.1, 0.15) is 12.6 Å². The van der Waals surface area contributed by atoms with Gasteiger partial charge in [-0.05, 0) is 62.9 Å². The molecule has 0 saturated carbocycles. The number of hydrogen-bond donors (Lipinski definition) is 1. The topological polar surface area (TPSA) is 86.8 Å². The molecule has 0 fully saturated rings. The van der Waals surface area contributed by atoms with Gasteiger partial charge in [-0.2, -0.15) is 0 Å². The first-order valence-electron chi connectivity index (χ1n) is 11.9. The molecule has 0 heterocycles. The lowest BCUT2D eigenvalue weighted by Gasteiger charge is -2.34. The van der Waals surface area contributed by atoms with Crippen LogP contribution in [0.4, 0.5) is 5.69 Å². The van der Waals surface area contributed by atoms with Crippen molar-refractivity contribution in [3.8, 4) is 0 Å². The maximum absolute atomic E-state index is 13.8. The lowest BCUT2D eigenvalue weighted by molar-refractivity contribution is -0.140. The zero-order chi connectivity index (χ0) is 27.2. The van der Waals surface area contributed by atoms with E-state index in [-0.39, 0.29) is 18.5 Å². The molecule has 0 spiro atoms. The number of nitrogens with zero attached hydrogens (tertiary/aromatic N) is 2. The van der Waals surface area contributed by atoms with E-state index in [9.17, 15) is 18.0 Å². The molecule has 1 N–H and O–H groups in total. The number of sulfonamides is 1. The number of nitrogens with one attached hydrogen (secondary N) is 1. The van der Waals surface area contributed by atoms with E-state index in [0.29, 0.717) is 33.3 Å². The summed E-state index contributed by atoms with van der Waals surface area (Å²) in [6.45, 7) is 8.75. The Morgan fingerprint density at radius 2 is 1.64 bits per heavy atom. The van der Waals surface area contributed by atoms with Gasteiger partial charge in [0.2, 0.25) is 21.8 Å². The van der Waals surface area contributed by atoms with Crippen molar-refractivity contribution in [2.75, 3.05) is 17.1 Å². The van der Waals surface area contributed by atoms with Crippen molar-refractivity contribution in [1.82, 2.24) is 10.2 Å². The van der Waals surface area contributed by atoms with E-state index in [1.54, 1.807) is 38.1 Å². The fraction of sp³-hybridized carbons (Fsp3) is 0.462. The van der Waals surface area contributed by atoms with Crippen LogP contribution in [0.5, 0.6) is 0 Å². The summed E-state index contributed by atoms with van der Waals surface area (Å²) in [4.78, 5) is 28.4. The maximum Gasteiger partial charge on any atom is 0.244 e. The molecule has 0 unspecified atom stereocenters. The monoisotopic (exact) mass is 555 g/mol. The minimum absolute atomic E-state index is 0.0474. The SMILES string of the molecule is CC[C@H](C(=O)N[C@@H](C)CC)N(Cc1c(Cl)cccc1Cl)C(=O)CN(c1cc(C)ccc1C)S(C)(=O)=O. The van der Waals surface area contributed by atoms with E-state index < -0.39 is 28.5 Å². The van der Waals surface area contributed by atoms with E-state index in [4.69, 9.17) is 23.2 Å². The van der Waals surface area contributed by atoms with Gasteiger partial charge in [0.25, 0.3) is 0 Å². The Bertz CT molecular complexity index is 1180. The van der Waals surface area contributed by atoms with E-state index in [1.807, 2.05) is 32.9 Å². The molecule has 0 aromatic heterocycles. The third-order valence-corrected chi connectivity index (χ3v) is 7.92. The number of rotatable bonds is 11. The second-order valence-electron chi connectivity index (χ2n) is 9.02. The number of amides is 2. The number of halogens is 2. The zero-order valence-corrected chi connectivity index (χ0v) is 24.0. The van der Waals surface area contributed by atoms with Crippen LogP contribution >= 0.6 is 23.2 Å². The van der Waals surface area contributed by atoms with Crippen molar-refractivity contribution in [3.63, 3.8) is 0 Å². The lowest BCUT2D eigenvalue weighted by atomic mass is 10.1.